The van der Waals surface area contributed by atoms with Gasteiger partial charge in [0.15, 0.2) is 0 Å². The fourth-order valence-electron chi connectivity index (χ4n) is 3.64. The number of benzene rings is 2. The summed E-state index contributed by atoms with van der Waals surface area (Å²) in [5, 5.41) is 0. The third-order valence-corrected chi connectivity index (χ3v) is 7.64. The topological polar surface area (TPSA) is 93.2 Å². The number of ketones is 1. The van der Waals surface area contributed by atoms with Crippen molar-refractivity contribution in [3.63, 3.8) is 0 Å². The van der Waals surface area contributed by atoms with Crippen LogP contribution < -0.4 is 9.47 Å². The summed E-state index contributed by atoms with van der Waals surface area (Å²) in [6.07, 6.45) is 0. The van der Waals surface area contributed by atoms with Crippen LogP contribution in [0.15, 0.2) is 47.4 Å². The van der Waals surface area contributed by atoms with Crippen molar-refractivity contribution >= 4 is 21.7 Å². The van der Waals surface area contributed by atoms with Gasteiger partial charge in [0, 0.05) is 37.8 Å². The standard InChI is InChI=1S/C24H30N2O6S/c1-24(2,3)18-8-6-17(7-9-18)22(27)23(28)25-12-14-26(15-13-25)33(29,30)21-16-19(31-4)10-11-20(21)32-5/h6-11,16H,12-15H2,1-5H3. The van der Waals surface area contributed by atoms with Gasteiger partial charge in [-0.25, -0.2) is 8.42 Å². The lowest BCUT2D eigenvalue weighted by atomic mass is 9.86. The number of amides is 1. The molecular weight excluding hydrogens is 444 g/mol. The highest BCUT2D eigenvalue weighted by Gasteiger charge is 2.34. The third kappa shape index (κ3) is 5.20. The van der Waals surface area contributed by atoms with Gasteiger partial charge in [-0.1, -0.05) is 45.0 Å². The van der Waals surface area contributed by atoms with Crippen molar-refractivity contribution in [1.82, 2.24) is 9.21 Å². The summed E-state index contributed by atoms with van der Waals surface area (Å²) in [6, 6.07) is 11.6. The normalized spacial score (nSPS) is 15.2. The van der Waals surface area contributed by atoms with Crippen LogP contribution >= 0.6 is 0 Å². The molecule has 1 heterocycles. The van der Waals surface area contributed by atoms with Crippen molar-refractivity contribution in [3.05, 3.63) is 53.6 Å². The predicted molar refractivity (Wildman–Crippen MR) is 124 cm³/mol. The predicted octanol–water partition coefficient (Wildman–Crippen LogP) is 2.72. The number of hydrogen-bond acceptors (Lipinski definition) is 6. The van der Waals surface area contributed by atoms with Gasteiger partial charge in [-0.15, -0.1) is 0 Å². The van der Waals surface area contributed by atoms with Crippen LogP contribution in [-0.2, 0) is 20.2 Å². The molecule has 2 aromatic carbocycles. The first-order chi connectivity index (χ1) is 15.5. The summed E-state index contributed by atoms with van der Waals surface area (Å²) in [6.45, 7) is 6.61. The summed E-state index contributed by atoms with van der Waals surface area (Å²) in [5.74, 6) is -0.620. The smallest absolute Gasteiger partial charge is 0.295 e. The average Bonchev–Trinajstić information content (AvgIpc) is 2.82. The van der Waals surface area contributed by atoms with Crippen molar-refractivity contribution < 1.29 is 27.5 Å². The van der Waals surface area contributed by atoms with Crippen LogP contribution in [0.1, 0.15) is 36.7 Å². The van der Waals surface area contributed by atoms with E-state index in [-0.39, 0.29) is 42.2 Å². The van der Waals surface area contributed by atoms with Crippen LogP contribution in [0.3, 0.4) is 0 Å². The van der Waals surface area contributed by atoms with Crippen LogP contribution in [0.5, 0.6) is 11.5 Å². The largest absolute Gasteiger partial charge is 0.497 e. The number of methoxy groups -OCH3 is 2. The summed E-state index contributed by atoms with van der Waals surface area (Å²) in [4.78, 5) is 26.9. The molecule has 8 nitrogen and oxygen atoms in total. The number of nitrogens with zero attached hydrogens (tertiary/aromatic N) is 2. The molecular formula is C24H30N2O6S. The fraction of sp³-hybridized carbons (Fsp3) is 0.417. The Morgan fingerprint density at radius 3 is 2.00 bits per heavy atom. The van der Waals surface area contributed by atoms with Crippen LogP contribution in [0.2, 0.25) is 0 Å². The maximum atomic E-state index is 13.2. The van der Waals surface area contributed by atoms with Crippen molar-refractivity contribution in [2.75, 3.05) is 40.4 Å². The van der Waals surface area contributed by atoms with Gasteiger partial charge in [-0.3, -0.25) is 9.59 Å². The highest BCUT2D eigenvalue weighted by molar-refractivity contribution is 7.89. The number of piperazine rings is 1. The van der Waals surface area contributed by atoms with Crippen molar-refractivity contribution in [2.24, 2.45) is 0 Å². The third-order valence-electron chi connectivity index (χ3n) is 5.72. The molecule has 0 aromatic heterocycles. The molecule has 1 saturated heterocycles. The van der Waals surface area contributed by atoms with Crippen LogP contribution in [-0.4, -0.2) is 69.7 Å². The Balaban J connectivity index is 1.70. The second-order valence-corrected chi connectivity index (χ2v) is 10.8. The average molecular weight is 475 g/mol. The number of carbonyl (C=O) groups excluding carboxylic acids is 2. The monoisotopic (exact) mass is 474 g/mol. The van der Waals surface area contributed by atoms with Gasteiger partial charge in [-0.05, 0) is 23.1 Å². The Labute approximate surface area is 195 Å². The molecule has 0 aliphatic carbocycles. The van der Waals surface area contributed by atoms with E-state index >= 15 is 0 Å². The highest BCUT2D eigenvalue weighted by atomic mass is 32.2. The lowest BCUT2D eigenvalue weighted by Gasteiger charge is -2.33. The van der Waals surface area contributed by atoms with Crippen molar-refractivity contribution in [1.29, 1.82) is 0 Å². The second kappa shape index (κ2) is 9.52. The van der Waals surface area contributed by atoms with E-state index in [0.717, 1.165) is 5.56 Å². The SMILES string of the molecule is COc1ccc(OC)c(S(=O)(=O)N2CCN(C(=O)C(=O)c3ccc(C(C)(C)C)cc3)CC2)c1. The van der Waals surface area contributed by atoms with Gasteiger partial charge in [-0.2, -0.15) is 4.31 Å². The van der Waals surface area contributed by atoms with Crippen LogP contribution in [0.25, 0.3) is 0 Å². The number of rotatable bonds is 6. The number of hydrogen-bond donors (Lipinski definition) is 0. The Morgan fingerprint density at radius 1 is 0.879 bits per heavy atom. The molecule has 1 fully saturated rings. The van der Waals surface area contributed by atoms with Gasteiger partial charge in [0.25, 0.3) is 5.91 Å². The molecule has 0 unspecified atom stereocenters. The molecule has 33 heavy (non-hydrogen) atoms. The quantitative estimate of drug-likeness (QED) is 0.472. The zero-order chi connectivity index (χ0) is 24.4. The van der Waals surface area contributed by atoms with Crippen LogP contribution in [0, 0.1) is 0 Å². The van der Waals surface area contributed by atoms with Gasteiger partial charge in [0.1, 0.15) is 16.4 Å². The molecule has 0 atom stereocenters. The molecule has 9 heteroatoms. The minimum absolute atomic E-state index is 0.000795. The number of Topliss-reactive ketones (excluding diaryl/α,β-unsaturated/α-hetero) is 1. The Hall–Kier alpha value is -2.91. The highest BCUT2D eigenvalue weighted by Crippen LogP contribution is 2.31. The Kier molecular flexibility index (Phi) is 7.14. The zero-order valence-electron chi connectivity index (χ0n) is 19.6. The summed E-state index contributed by atoms with van der Waals surface area (Å²) < 4.78 is 38.1. The fourth-order valence-corrected chi connectivity index (χ4v) is 5.24. The molecule has 3 rings (SSSR count). The molecule has 0 spiro atoms. The molecule has 1 aliphatic rings. The number of carbonyl (C=O) groups is 2. The summed E-state index contributed by atoms with van der Waals surface area (Å²) in [7, 11) is -1.02. The minimum Gasteiger partial charge on any atom is -0.497 e. The van der Waals surface area contributed by atoms with E-state index in [9.17, 15) is 18.0 Å². The van der Waals surface area contributed by atoms with Gasteiger partial charge >= 0.3 is 0 Å². The lowest BCUT2D eigenvalue weighted by molar-refractivity contribution is -0.127. The van der Waals surface area contributed by atoms with Gasteiger partial charge in [0.05, 0.1) is 14.2 Å². The first kappa shape index (κ1) is 24.7. The van der Waals surface area contributed by atoms with Gasteiger partial charge < -0.3 is 14.4 Å². The summed E-state index contributed by atoms with van der Waals surface area (Å²) in [5.41, 5.74) is 1.33. The van der Waals surface area contributed by atoms with E-state index < -0.39 is 21.7 Å². The van der Waals surface area contributed by atoms with Crippen molar-refractivity contribution in [3.8, 4) is 11.5 Å². The van der Waals surface area contributed by atoms with Crippen molar-refractivity contribution in [2.45, 2.75) is 31.1 Å². The molecule has 1 aliphatic heterocycles. The van der Waals surface area contributed by atoms with Gasteiger partial charge in [0.2, 0.25) is 15.8 Å². The molecule has 178 valence electrons. The van der Waals surface area contributed by atoms with E-state index in [1.807, 2.05) is 12.1 Å². The Morgan fingerprint density at radius 2 is 1.48 bits per heavy atom. The number of sulfonamides is 1. The molecule has 0 N–H and O–H groups in total. The molecule has 0 saturated carbocycles. The minimum atomic E-state index is -3.87. The summed E-state index contributed by atoms with van der Waals surface area (Å²) >= 11 is 0. The molecule has 1 amide bonds. The lowest BCUT2D eigenvalue weighted by Crippen LogP contribution is -2.52. The van der Waals surface area contributed by atoms with E-state index in [4.69, 9.17) is 9.47 Å². The number of ether oxygens (including phenoxy) is 2. The van der Waals surface area contributed by atoms with E-state index in [1.54, 1.807) is 18.2 Å². The van der Waals surface area contributed by atoms with E-state index in [1.165, 1.54) is 35.6 Å². The first-order valence-electron chi connectivity index (χ1n) is 10.7. The molecule has 0 bridgehead atoms. The Bertz CT molecular complexity index is 1130. The molecule has 2 aromatic rings. The van der Waals surface area contributed by atoms with E-state index in [0.29, 0.717) is 11.3 Å². The second-order valence-electron chi connectivity index (χ2n) is 8.87. The van der Waals surface area contributed by atoms with Crippen LogP contribution in [0.4, 0.5) is 0 Å². The zero-order valence-corrected chi connectivity index (χ0v) is 20.4. The maximum absolute atomic E-state index is 13.2. The maximum Gasteiger partial charge on any atom is 0.295 e. The van der Waals surface area contributed by atoms with E-state index in [2.05, 4.69) is 20.8 Å². The first-order valence-corrected chi connectivity index (χ1v) is 12.1. The molecule has 0 radical (unpaired) electrons.